The summed E-state index contributed by atoms with van der Waals surface area (Å²) >= 11 is 2.84. The fourth-order valence-corrected chi connectivity index (χ4v) is 5.40. The molecule has 0 bridgehead atoms. The molecular formula is C19H19N5O2S2. The number of thiophene rings is 1. The monoisotopic (exact) mass is 413 g/mol. The highest BCUT2D eigenvalue weighted by Crippen LogP contribution is 2.39. The van der Waals surface area contributed by atoms with Crippen LogP contribution in [0.3, 0.4) is 0 Å². The van der Waals surface area contributed by atoms with Crippen molar-refractivity contribution in [3.05, 3.63) is 34.4 Å². The van der Waals surface area contributed by atoms with Gasteiger partial charge in [-0.3, -0.25) is 4.79 Å². The smallest absolute Gasteiger partial charge is 0.235 e. The maximum Gasteiger partial charge on any atom is 0.235 e. The molecule has 0 radical (unpaired) electrons. The molecule has 1 N–H and O–H groups in total. The maximum absolute atomic E-state index is 12.5. The molecular weight excluding hydrogens is 394 g/mol. The van der Waals surface area contributed by atoms with Gasteiger partial charge in [0.25, 0.3) is 0 Å². The van der Waals surface area contributed by atoms with Gasteiger partial charge in [0, 0.05) is 11.9 Å². The summed E-state index contributed by atoms with van der Waals surface area (Å²) in [5.41, 5.74) is 1.74. The molecule has 0 unspecified atom stereocenters. The van der Waals surface area contributed by atoms with Gasteiger partial charge in [0.15, 0.2) is 16.7 Å². The van der Waals surface area contributed by atoms with Crippen molar-refractivity contribution in [3.8, 4) is 17.7 Å². The van der Waals surface area contributed by atoms with Gasteiger partial charge in [-0.1, -0.05) is 18.7 Å². The summed E-state index contributed by atoms with van der Waals surface area (Å²) in [7, 11) is 1.83. The van der Waals surface area contributed by atoms with Crippen molar-refractivity contribution in [2.75, 3.05) is 11.1 Å². The third kappa shape index (κ3) is 3.57. The van der Waals surface area contributed by atoms with E-state index in [1.54, 1.807) is 16.9 Å². The second-order valence-corrected chi connectivity index (χ2v) is 8.89. The Morgan fingerprint density at radius 2 is 2.39 bits per heavy atom. The molecule has 3 heterocycles. The number of hydrogen-bond acceptors (Lipinski definition) is 7. The largest absolute Gasteiger partial charge is 0.461 e. The van der Waals surface area contributed by atoms with Gasteiger partial charge in [-0.15, -0.1) is 21.5 Å². The summed E-state index contributed by atoms with van der Waals surface area (Å²) in [6, 6.07) is 5.88. The van der Waals surface area contributed by atoms with E-state index in [9.17, 15) is 10.1 Å². The topological polar surface area (TPSA) is 96.7 Å². The first-order valence-electron chi connectivity index (χ1n) is 8.97. The van der Waals surface area contributed by atoms with E-state index < -0.39 is 0 Å². The number of carbonyl (C=O) groups is 1. The number of aromatic nitrogens is 3. The van der Waals surface area contributed by atoms with Crippen molar-refractivity contribution in [2.45, 2.75) is 31.3 Å². The summed E-state index contributed by atoms with van der Waals surface area (Å²) in [6.45, 7) is 2.22. The molecule has 1 aliphatic rings. The minimum Gasteiger partial charge on any atom is -0.461 e. The first kappa shape index (κ1) is 18.8. The number of amides is 1. The second-order valence-electron chi connectivity index (χ2n) is 6.85. The molecule has 144 valence electrons. The van der Waals surface area contributed by atoms with Crippen LogP contribution in [0.5, 0.6) is 0 Å². The van der Waals surface area contributed by atoms with Crippen molar-refractivity contribution in [2.24, 2.45) is 13.0 Å². The van der Waals surface area contributed by atoms with Crippen LogP contribution in [0.4, 0.5) is 5.00 Å². The van der Waals surface area contributed by atoms with Gasteiger partial charge in [0.1, 0.15) is 11.1 Å². The van der Waals surface area contributed by atoms with Crippen LogP contribution in [-0.2, 0) is 24.7 Å². The van der Waals surface area contributed by atoms with Gasteiger partial charge in [-0.2, -0.15) is 5.26 Å². The van der Waals surface area contributed by atoms with Gasteiger partial charge in [-0.25, -0.2) is 0 Å². The lowest BCUT2D eigenvalue weighted by molar-refractivity contribution is -0.113. The van der Waals surface area contributed by atoms with E-state index in [2.05, 4.69) is 28.5 Å². The number of furan rings is 1. The van der Waals surface area contributed by atoms with E-state index in [4.69, 9.17) is 4.42 Å². The van der Waals surface area contributed by atoms with Crippen LogP contribution in [0.25, 0.3) is 11.6 Å². The lowest BCUT2D eigenvalue weighted by Gasteiger charge is -2.17. The number of anilines is 1. The van der Waals surface area contributed by atoms with E-state index >= 15 is 0 Å². The first-order valence-corrected chi connectivity index (χ1v) is 10.8. The quantitative estimate of drug-likeness (QED) is 0.638. The number of thioether (sulfide) groups is 1. The molecule has 3 aromatic rings. The summed E-state index contributed by atoms with van der Waals surface area (Å²) in [6.07, 6.45) is 4.56. The Bertz CT molecular complexity index is 1050. The number of carbonyl (C=O) groups excluding carboxylic acids is 1. The number of nitrogens with zero attached hydrogens (tertiary/aromatic N) is 4. The highest BCUT2D eigenvalue weighted by atomic mass is 32.2. The van der Waals surface area contributed by atoms with Crippen LogP contribution in [0, 0.1) is 17.2 Å². The Morgan fingerprint density at radius 1 is 1.54 bits per heavy atom. The minimum absolute atomic E-state index is 0.157. The molecule has 1 atom stereocenters. The Labute approximate surface area is 170 Å². The van der Waals surface area contributed by atoms with Crippen LogP contribution in [0.15, 0.2) is 28.0 Å². The summed E-state index contributed by atoms with van der Waals surface area (Å²) in [5.74, 6) is 1.89. The molecule has 1 amide bonds. The third-order valence-corrected chi connectivity index (χ3v) is 6.98. The summed E-state index contributed by atoms with van der Waals surface area (Å²) in [5, 5.41) is 22.0. The van der Waals surface area contributed by atoms with Crippen molar-refractivity contribution in [1.82, 2.24) is 14.8 Å². The van der Waals surface area contributed by atoms with Crippen LogP contribution < -0.4 is 5.32 Å². The van der Waals surface area contributed by atoms with Crippen molar-refractivity contribution >= 4 is 34.0 Å². The Kier molecular flexibility index (Phi) is 5.24. The molecule has 28 heavy (non-hydrogen) atoms. The third-order valence-electron chi connectivity index (χ3n) is 4.79. The van der Waals surface area contributed by atoms with Crippen molar-refractivity contribution in [1.29, 1.82) is 5.26 Å². The predicted molar refractivity (Wildman–Crippen MR) is 108 cm³/mol. The minimum atomic E-state index is -0.157. The Balaban J connectivity index is 1.43. The zero-order valence-corrected chi connectivity index (χ0v) is 17.2. The molecule has 0 saturated heterocycles. The number of hydrogen-bond donors (Lipinski definition) is 1. The van der Waals surface area contributed by atoms with Crippen LogP contribution >= 0.6 is 23.1 Å². The fraction of sp³-hybridized carbons (Fsp3) is 0.368. The van der Waals surface area contributed by atoms with E-state index in [0.717, 1.165) is 24.8 Å². The number of nitriles is 1. The molecule has 0 aliphatic heterocycles. The molecule has 4 rings (SSSR count). The predicted octanol–water partition coefficient (Wildman–Crippen LogP) is 3.86. The van der Waals surface area contributed by atoms with Gasteiger partial charge >= 0.3 is 0 Å². The van der Waals surface area contributed by atoms with Crippen molar-refractivity contribution < 1.29 is 9.21 Å². The van der Waals surface area contributed by atoms with Crippen molar-refractivity contribution in [3.63, 3.8) is 0 Å². The second kappa shape index (κ2) is 7.81. The normalized spacial score (nSPS) is 15.8. The maximum atomic E-state index is 12.5. The molecule has 9 heteroatoms. The molecule has 0 saturated carbocycles. The molecule has 3 aromatic heterocycles. The lowest BCUT2D eigenvalue weighted by atomic mass is 9.89. The van der Waals surface area contributed by atoms with Gasteiger partial charge in [0.05, 0.1) is 17.6 Å². The summed E-state index contributed by atoms with van der Waals surface area (Å²) < 4.78 is 7.14. The first-order chi connectivity index (χ1) is 13.6. The molecule has 1 aliphatic carbocycles. The van der Waals surface area contributed by atoms with E-state index in [1.165, 1.54) is 28.0 Å². The Hall–Kier alpha value is -2.57. The van der Waals surface area contributed by atoms with Crippen LogP contribution in [0.2, 0.25) is 0 Å². The zero-order valence-electron chi connectivity index (χ0n) is 15.6. The van der Waals surface area contributed by atoms with E-state index in [-0.39, 0.29) is 11.7 Å². The number of fused-ring (bicyclic) bond motifs is 1. The van der Waals surface area contributed by atoms with E-state index in [0.29, 0.717) is 33.2 Å². The SMILES string of the molecule is C[C@H]1CCc2c(sc(NC(=O)CSc3nnc(-c4ccco4)n3C)c2C#N)C1. The summed E-state index contributed by atoms with van der Waals surface area (Å²) in [4.78, 5) is 13.7. The van der Waals surface area contributed by atoms with Crippen LogP contribution in [-0.4, -0.2) is 26.4 Å². The fourth-order valence-electron chi connectivity index (χ4n) is 3.31. The van der Waals surface area contributed by atoms with Gasteiger partial charge < -0.3 is 14.3 Å². The average molecular weight is 414 g/mol. The molecule has 7 nitrogen and oxygen atoms in total. The van der Waals surface area contributed by atoms with Gasteiger partial charge in [0.2, 0.25) is 5.91 Å². The Morgan fingerprint density at radius 3 is 3.14 bits per heavy atom. The lowest BCUT2D eigenvalue weighted by Crippen LogP contribution is -2.14. The molecule has 0 fully saturated rings. The zero-order chi connectivity index (χ0) is 19.7. The highest BCUT2D eigenvalue weighted by Gasteiger charge is 2.25. The molecule has 0 aromatic carbocycles. The van der Waals surface area contributed by atoms with E-state index in [1.807, 2.05) is 13.1 Å². The average Bonchev–Trinajstić information content (AvgIpc) is 3.38. The van der Waals surface area contributed by atoms with Gasteiger partial charge in [-0.05, 0) is 42.9 Å². The highest BCUT2D eigenvalue weighted by molar-refractivity contribution is 7.99. The number of rotatable bonds is 5. The molecule has 0 spiro atoms. The number of nitrogens with one attached hydrogen (secondary N) is 1. The van der Waals surface area contributed by atoms with Crippen LogP contribution in [0.1, 0.15) is 29.3 Å². The standard InChI is InChI=1S/C19H19N5O2S2/c1-11-5-6-12-13(9-20)18(28-15(12)8-11)21-16(25)10-27-19-23-22-17(24(19)2)14-4-3-7-26-14/h3-4,7,11H,5-6,8,10H2,1-2H3,(H,21,25)/t11-/m0/s1.